The van der Waals surface area contributed by atoms with Crippen LogP contribution < -0.4 is 10.1 Å². The number of para-hydroxylation sites is 1. The van der Waals surface area contributed by atoms with Crippen molar-refractivity contribution in [3.05, 3.63) is 113 Å². The molecule has 0 spiro atoms. The van der Waals surface area contributed by atoms with Crippen molar-refractivity contribution < 1.29 is 19.0 Å². The number of nitrogens with one attached hydrogen (secondary N) is 1. The quantitative estimate of drug-likeness (QED) is 0.346. The Morgan fingerprint density at radius 2 is 1.76 bits per heavy atom. The Morgan fingerprint density at radius 3 is 2.62 bits per heavy atom. The molecule has 0 saturated carbocycles. The molecule has 172 valence electrons. The first-order valence-electron chi connectivity index (χ1n) is 11.6. The fourth-order valence-corrected chi connectivity index (χ4v) is 4.85. The smallest absolute Gasteiger partial charge is 0.335 e. The summed E-state index contributed by atoms with van der Waals surface area (Å²) in [5, 5.41) is 15.2. The lowest BCUT2D eigenvalue weighted by Crippen LogP contribution is -2.36. The van der Waals surface area contributed by atoms with Crippen LogP contribution in [-0.4, -0.2) is 30.3 Å². The maximum absolute atomic E-state index is 14.9. The second-order valence-corrected chi connectivity index (χ2v) is 8.70. The van der Waals surface area contributed by atoms with Crippen molar-refractivity contribution in [3.8, 4) is 5.75 Å². The van der Waals surface area contributed by atoms with Gasteiger partial charge in [-0.15, -0.1) is 0 Å². The third-order valence-electron chi connectivity index (χ3n) is 6.53. The van der Waals surface area contributed by atoms with Crippen LogP contribution in [0, 0.1) is 5.82 Å². The van der Waals surface area contributed by atoms with Crippen LogP contribution in [0.25, 0.3) is 10.8 Å². The summed E-state index contributed by atoms with van der Waals surface area (Å²) in [4.78, 5) is 11.2. The van der Waals surface area contributed by atoms with E-state index in [0.717, 1.165) is 30.3 Å². The molecular weight excluding hydrogens is 429 g/mol. The summed E-state index contributed by atoms with van der Waals surface area (Å²) in [6.07, 6.45) is 1.40. The SMILES string of the molecule is O=C(O)c1ccc([C@@H]2C[C@H](CNCCc3cccc4ccccc34)Oc3ccccc32)c(F)c1. The number of halogens is 1. The van der Waals surface area contributed by atoms with Crippen LogP contribution in [0.5, 0.6) is 5.75 Å². The maximum Gasteiger partial charge on any atom is 0.335 e. The molecule has 2 atom stereocenters. The van der Waals surface area contributed by atoms with E-state index in [2.05, 4.69) is 47.8 Å². The normalized spacial score (nSPS) is 17.2. The number of hydrogen-bond donors (Lipinski definition) is 2. The number of carboxylic acids is 1. The molecule has 0 bridgehead atoms. The predicted molar refractivity (Wildman–Crippen MR) is 131 cm³/mol. The highest BCUT2D eigenvalue weighted by Crippen LogP contribution is 2.41. The molecule has 1 heterocycles. The molecule has 0 aliphatic carbocycles. The predicted octanol–water partition coefficient (Wildman–Crippen LogP) is 5.79. The molecule has 4 aromatic carbocycles. The van der Waals surface area contributed by atoms with E-state index in [-0.39, 0.29) is 17.6 Å². The average Bonchev–Trinajstić information content (AvgIpc) is 2.86. The molecule has 0 radical (unpaired) electrons. The van der Waals surface area contributed by atoms with Gasteiger partial charge in [-0.05, 0) is 59.5 Å². The van der Waals surface area contributed by atoms with Gasteiger partial charge in [0.05, 0.1) is 5.56 Å². The van der Waals surface area contributed by atoms with Gasteiger partial charge in [0.2, 0.25) is 0 Å². The van der Waals surface area contributed by atoms with Crippen molar-refractivity contribution >= 4 is 16.7 Å². The van der Waals surface area contributed by atoms with E-state index in [4.69, 9.17) is 4.74 Å². The van der Waals surface area contributed by atoms with Crippen LogP contribution in [0.4, 0.5) is 4.39 Å². The van der Waals surface area contributed by atoms with E-state index in [1.165, 1.54) is 22.4 Å². The minimum atomic E-state index is -1.13. The summed E-state index contributed by atoms with van der Waals surface area (Å²) < 4.78 is 21.1. The highest BCUT2D eigenvalue weighted by atomic mass is 19.1. The van der Waals surface area contributed by atoms with Gasteiger partial charge in [-0.25, -0.2) is 9.18 Å². The first-order valence-corrected chi connectivity index (χ1v) is 11.6. The third kappa shape index (κ3) is 4.52. The second kappa shape index (κ2) is 9.65. The van der Waals surface area contributed by atoms with Crippen LogP contribution >= 0.6 is 0 Å². The zero-order chi connectivity index (χ0) is 23.5. The molecule has 5 rings (SSSR count). The van der Waals surface area contributed by atoms with Gasteiger partial charge in [0.1, 0.15) is 17.7 Å². The van der Waals surface area contributed by atoms with E-state index in [9.17, 15) is 14.3 Å². The molecule has 4 aromatic rings. The average molecular weight is 456 g/mol. The summed E-state index contributed by atoms with van der Waals surface area (Å²) in [6, 6.07) is 26.6. The lowest BCUT2D eigenvalue weighted by atomic mass is 9.83. The molecule has 0 amide bonds. The van der Waals surface area contributed by atoms with E-state index >= 15 is 0 Å². The van der Waals surface area contributed by atoms with Gasteiger partial charge in [0.25, 0.3) is 0 Å². The van der Waals surface area contributed by atoms with Crippen molar-refractivity contribution in [1.29, 1.82) is 0 Å². The fourth-order valence-electron chi connectivity index (χ4n) is 4.85. The van der Waals surface area contributed by atoms with Gasteiger partial charge in [-0.2, -0.15) is 0 Å². The second-order valence-electron chi connectivity index (χ2n) is 8.70. The summed E-state index contributed by atoms with van der Waals surface area (Å²) in [7, 11) is 0. The highest BCUT2D eigenvalue weighted by molar-refractivity contribution is 5.87. The number of hydrogen-bond acceptors (Lipinski definition) is 3. The fraction of sp³-hybridized carbons (Fsp3) is 0.207. The van der Waals surface area contributed by atoms with Crippen molar-refractivity contribution in [2.24, 2.45) is 0 Å². The summed E-state index contributed by atoms with van der Waals surface area (Å²) >= 11 is 0. The largest absolute Gasteiger partial charge is 0.489 e. The Bertz CT molecular complexity index is 1330. The Balaban J connectivity index is 1.29. The number of rotatable bonds is 7. The van der Waals surface area contributed by atoms with Crippen molar-refractivity contribution in [3.63, 3.8) is 0 Å². The number of carbonyl (C=O) groups is 1. The lowest BCUT2D eigenvalue weighted by Gasteiger charge is -2.33. The first-order chi connectivity index (χ1) is 16.6. The van der Waals surface area contributed by atoms with E-state index in [1.54, 1.807) is 6.07 Å². The van der Waals surface area contributed by atoms with E-state index in [1.807, 2.05) is 24.3 Å². The van der Waals surface area contributed by atoms with Gasteiger partial charge in [0, 0.05) is 18.0 Å². The summed E-state index contributed by atoms with van der Waals surface area (Å²) in [5.74, 6) is -1.07. The van der Waals surface area contributed by atoms with Gasteiger partial charge >= 0.3 is 5.97 Å². The highest BCUT2D eigenvalue weighted by Gasteiger charge is 2.31. The van der Waals surface area contributed by atoms with E-state index < -0.39 is 11.8 Å². The van der Waals surface area contributed by atoms with Gasteiger partial charge in [0.15, 0.2) is 0 Å². The van der Waals surface area contributed by atoms with Gasteiger partial charge in [-0.1, -0.05) is 66.7 Å². The number of ether oxygens (including phenoxy) is 1. The molecule has 1 aliphatic heterocycles. The number of benzene rings is 4. The molecular formula is C29H26FNO3. The number of fused-ring (bicyclic) bond motifs is 2. The Morgan fingerprint density at radius 1 is 0.971 bits per heavy atom. The van der Waals surface area contributed by atoms with Crippen molar-refractivity contribution in [2.75, 3.05) is 13.1 Å². The maximum atomic E-state index is 14.9. The van der Waals surface area contributed by atoms with Crippen molar-refractivity contribution in [2.45, 2.75) is 24.9 Å². The first kappa shape index (κ1) is 22.1. The molecule has 1 aliphatic rings. The van der Waals surface area contributed by atoms with Crippen molar-refractivity contribution in [1.82, 2.24) is 5.32 Å². The standard InChI is InChI=1S/C29H26FNO3/c30-27-16-21(29(32)33)12-13-24(27)26-17-22(34-28-11-4-3-10-25(26)28)18-31-15-14-20-8-5-7-19-6-1-2-9-23(19)20/h1-13,16,22,26,31H,14-15,17-18H2,(H,32,33)/t22-,26+/m1/s1. The van der Waals surface area contributed by atoms with Gasteiger partial charge < -0.3 is 15.2 Å². The molecule has 0 aromatic heterocycles. The minimum absolute atomic E-state index is 0.0479. The van der Waals surface area contributed by atoms with Crippen LogP contribution in [0.1, 0.15) is 39.4 Å². The molecule has 4 nitrogen and oxygen atoms in total. The minimum Gasteiger partial charge on any atom is -0.489 e. The van der Waals surface area contributed by atoms with Crippen LogP contribution in [0.2, 0.25) is 0 Å². The molecule has 5 heteroatoms. The van der Waals surface area contributed by atoms with E-state index in [0.29, 0.717) is 18.5 Å². The molecule has 2 N–H and O–H groups in total. The van der Waals surface area contributed by atoms with Crippen LogP contribution in [0.15, 0.2) is 84.9 Å². The number of aromatic carboxylic acids is 1. The Hall–Kier alpha value is -3.70. The third-order valence-corrected chi connectivity index (χ3v) is 6.53. The molecule has 0 fully saturated rings. The number of carboxylic acid groups (broad SMARTS) is 1. The molecule has 0 unspecified atom stereocenters. The van der Waals surface area contributed by atoms with Crippen LogP contribution in [0.3, 0.4) is 0 Å². The van der Waals surface area contributed by atoms with Gasteiger partial charge in [-0.3, -0.25) is 0 Å². The van der Waals surface area contributed by atoms with Crippen LogP contribution in [-0.2, 0) is 6.42 Å². The zero-order valence-electron chi connectivity index (χ0n) is 18.7. The topological polar surface area (TPSA) is 58.6 Å². The molecule has 0 saturated heterocycles. The Kier molecular flexibility index (Phi) is 6.28. The zero-order valence-corrected chi connectivity index (χ0v) is 18.7. The monoisotopic (exact) mass is 455 g/mol. The Labute approximate surface area is 198 Å². The summed E-state index contributed by atoms with van der Waals surface area (Å²) in [5.41, 5.74) is 2.69. The summed E-state index contributed by atoms with van der Waals surface area (Å²) in [6.45, 7) is 1.45. The molecule has 34 heavy (non-hydrogen) atoms. The lowest BCUT2D eigenvalue weighted by molar-refractivity contribution is 0.0696.